The molecule has 0 heterocycles. The van der Waals surface area contributed by atoms with Crippen LogP contribution in [0.1, 0.15) is 32.6 Å². The molecule has 0 atom stereocenters. The number of benzene rings is 1. The summed E-state index contributed by atoms with van der Waals surface area (Å²) in [6, 6.07) is 6.42. The number of hydrogen-bond acceptors (Lipinski definition) is 3. The molecule has 0 aliphatic heterocycles. The molecule has 0 bridgehead atoms. The molecule has 1 saturated carbocycles. The van der Waals surface area contributed by atoms with E-state index in [1.54, 1.807) is 24.3 Å². The van der Waals surface area contributed by atoms with Gasteiger partial charge in [-0.2, -0.15) is 0 Å². The highest BCUT2D eigenvalue weighted by Gasteiger charge is 2.25. The fourth-order valence-electron chi connectivity index (χ4n) is 2.36. The SMILES string of the molecule is CC1CCC(C(=O)Oc2ccc(OCF)cc2)CC1. The molecular formula is C15H19FO3. The first-order valence-electron chi connectivity index (χ1n) is 6.69. The van der Waals surface area contributed by atoms with Crippen molar-refractivity contribution < 1.29 is 18.7 Å². The number of rotatable bonds is 4. The first kappa shape index (κ1) is 13.8. The predicted molar refractivity (Wildman–Crippen MR) is 69.8 cm³/mol. The minimum absolute atomic E-state index is 0.0120. The molecule has 0 saturated heterocycles. The molecule has 3 nitrogen and oxygen atoms in total. The molecule has 2 rings (SSSR count). The predicted octanol–water partition coefficient (Wildman–Crippen LogP) is 3.72. The number of ether oxygens (including phenoxy) is 2. The number of halogens is 1. The van der Waals surface area contributed by atoms with Crippen LogP contribution in [0.5, 0.6) is 11.5 Å². The Balaban J connectivity index is 1.88. The van der Waals surface area contributed by atoms with E-state index in [0.29, 0.717) is 17.4 Å². The van der Waals surface area contributed by atoms with Crippen molar-refractivity contribution >= 4 is 5.97 Å². The fourth-order valence-corrected chi connectivity index (χ4v) is 2.36. The van der Waals surface area contributed by atoms with Crippen LogP contribution in [-0.4, -0.2) is 12.8 Å². The fraction of sp³-hybridized carbons (Fsp3) is 0.533. The topological polar surface area (TPSA) is 35.5 Å². The summed E-state index contributed by atoms with van der Waals surface area (Å²) in [6.45, 7) is 1.35. The number of hydrogen-bond donors (Lipinski definition) is 0. The van der Waals surface area contributed by atoms with Crippen LogP contribution in [0.25, 0.3) is 0 Å². The van der Waals surface area contributed by atoms with E-state index >= 15 is 0 Å². The first-order chi connectivity index (χ1) is 9.19. The van der Waals surface area contributed by atoms with Gasteiger partial charge in [0.2, 0.25) is 6.86 Å². The van der Waals surface area contributed by atoms with Gasteiger partial charge in [-0.05, 0) is 55.9 Å². The van der Waals surface area contributed by atoms with Gasteiger partial charge in [-0.1, -0.05) is 6.92 Å². The molecule has 19 heavy (non-hydrogen) atoms. The molecule has 1 fully saturated rings. The maximum atomic E-state index is 12.0. The first-order valence-corrected chi connectivity index (χ1v) is 6.69. The van der Waals surface area contributed by atoms with Crippen LogP contribution in [0, 0.1) is 11.8 Å². The third-order valence-corrected chi connectivity index (χ3v) is 3.61. The number of carbonyl (C=O) groups excluding carboxylic acids is 1. The van der Waals surface area contributed by atoms with Crippen LogP contribution in [0.2, 0.25) is 0 Å². The second-order valence-corrected chi connectivity index (χ2v) is 5.10. The zero-order chi connectivity index (χ0) is 13.7. The van der Waals surface area contributed by atoms with Crippen LogP contribution in [-0.2, 0) is 4.79 Å². The Morgan fingerprint density at radius 2 is 1.74 bits per heavy atom. The molecule has 1 aliphatic rings. The highest BCUT2D eigenvalue weighted by atomic mass is 19.1. The van der Waals surface area contributed by atoms with E-state index in [4.69, 9.17) is 4.74 Å². The van der Waals surface area contributed by atoms with E-state index in [1.165, 1.54) is 0 Å². The largest absolute Gasteiger partial charge is 0.463 e. The average molecular weight is 266 g/mol. The Morgan fingerprint density at radius 3 is 2.32 bits per heavy atom. The van der Waals surface area contributed by atoms with Crippen molar-refractivity contribution in [2.75, 3.05) is 6.86 Å². The second-order valence-electron chi connectivity index (χ2n) is 5.10. The van der Waals surface area contributed by atoms with Gasteiger partial charge in [-0.15, -0.1) is 0 Å². The molecule has 1 aliphatic carbocycles. The Kier molecular flexibility index (Phi) is 4.77. The Labute approximate surface area is 112 Å². The highest BCUT2D eigenvalue weighted by Crippen LogP contribution is 2.29. The molecule has 0 unspecified atom stereocenters. The molecule has 4 heteroatoms. The normalized spacial score (nSPS) is 22.8. The van der Waals surface area contributed by atoms with Crippen molar-refractivity contribution in [3.05, 3.63) is 24.3 Å². The third kappa shape index (κ3) is 3.94. The van der Waals surface area contributed by atoms with Gasteiger partial charge in [0.05, 0.1) is 5.92 Å². The minimum Gasteiger partial charge on any atom is -0.463 e. The molecule has 1 aromatic rings. The average Bonchev–Trinajstić information content (AvgIpc) is 2.42. The Morgan fingerprint density at radius 1 is 1.16 bits per heavy atom. The molecule has 0 spiro atoms. The summed E-state index contributed by atoms with van der Waals surface area (Å²) in [4.78, 5) is 12.0. The van der Waals surface area contributed by atoms with Gasteiger partial charge in [-0.3, -0.25) is 4.79 Å². The van der Waals surface area contributed by atoms with E-state index in [2.05, 4.69) is 11.7 Å². The lowest BCUT2D eigenvalue weighted by Gasteiger charge is -2.24. The van der Waals surface area contributed by atoms with Gasteiger partial charge >= 0.3 is 5.97 Å². The monoisotopic (exact) mass is 266 g/mol. The summed E-state index contributed by atoms with van der Waals surface area (Å²) in [5.74, 6) is 1.47. The van der Waals surface area contributed by atoms with Gasteiger partial charge in [0.1, 0.15) is 11.5 Å². The zero-order valence-corrected chi connectivity index (χ0v) is 11.1. The van der Waals surface area contributed by atoms with Crippen molar-refractivity contribution in [1.29, 1.82) is 0 Å². The third-order valence-electron chi connectivity index (χ3n) is 3.61. The van der Waals surface area contributed by atoms with Crippen molar-refractivity contribution in [3.8, 4) is 11.5 Å². The lowest BCUT2D eigenvalue weighted by molar-refractivity contribution is -0.140. The van der Waals surface area contributed by atoms with Crippen molar-refractivity contribution in [2.24, 2.45) is 11.8 Å². The summed E-state index contributed by atoms with van der Waals surface area (Å²) in [5.41, 5.74) is 0. The summed E-state index contributed by atoms with van der Waals surface area (Å²) < 4.78 is 22.0. The molecule has 0 amide bonds. The van der Waals surface area contributed by atoms with Crippen molar-refractivity contribution in [3.63, 3.8) is 0 Å². The van der Waals surface area contributed by atoms with E-state index in [0.717, 1.165) is 25.7 Å². The van der Waals surface area contributed by atoms with Gasteiger partial charge in [0, 0.05) is 0 Å². The molecule has 0 radical (unpaired) electrons. The minimum atomic E-state index is -0.862. The Hall–Kier alpha value is -1.58. The van der Waals surface area contributed by atoms with Crippen LogP contribution in [0.3, 0.4) is 0 Å². The highest BCUT2D eigenvalue weighted by molar-refractivity contribution is 5.75. The molecule has 0 N–H and O–H groups in total. The lowest BCUT2D eigenvalue weighted by Crippen LogP contribution is -2.24. The van der Waals surface area contributed by atoms with E-state index in [-0.39, 0.29) is 11.9 Å². The van der Waals surface area contributed by atoms with Gasteiger partial charge in [0.25, 0.3) is 0 Å². The van der Waals surface area contributed by atoms with Crippen LogP contribution >= 0.6 is 0 Å². The molecule has 0 aromatic heterocycles. The summed E-state index contributed by atoms with van der Waals surface area (Å²) in [7, 11) is 0. The standard InChI is InChI=1S/C15H19FO3/c1-11-2-4-12(5-3-11)15(17)19-14-8-6-13(7-9-14)18-10-16/h6-9,11-12H,2-5,10H2,1H3. The quantitative estimate of drug-likeness (QED) is 0.615. The van der Waals surface area contributed by atoms with Gasteiger partial charge < -0.3 is 9.47 Å². The maximum absolute atomic E-state index is 12.0. The van der Waals surface area contributed by atoms with Gasteiger partial charge in [0.15, 0.2) is 0 Å². The van der Waals surface area contributed by atoms with Crippen LogP contribution in [0.4, 0.5) is 4.39 Å². The van der Waals surface area contributed by atoms with Gasteiger partial charge in [-0.25, -0.2) is 4.39 Å². The van der Waals surface area contributed by atoms with Crippen molar-refractivity contribution in [2.45, 2.75) is 32.6 Å². The molecular weight excluding hydrogens is 247 g/mol. The summed E-state index contributed by atoms with van der Waals surface area (Å²) in [6.07, 6.45) is 3.98. The summed E-state index contributed by atoms with van der Waals surface area (Å²) >= 11 is 0. The van der Waals surface area contributed by atoms with E-state index in [1.807, 2.05) is 0 Å². The van der Waals surface area contributed by atoms with Crippen LogP contribution in [0.15, 0.2) is 24.3 Å². The van der Waals surface area contributed by atoms with E-state index in [9.17, 15) is 9.18 Å². The molecule has 1 aromatic carbocycles. The van der Waals surface area contributed by atoms with E-state index < -0.39 is 6.86 Å². The zero-order valence-electron chi connectivity index (χ0n) is 11.1. The van der Waals surface area contributed by atoms with Crippen LogP contribution < -0.4 is 9.47 Å². The molecule has 104 valence electrons. The second kappa shape index (κ2) is 6.55. The summed E-state index contributed by atoms with van der Waals surface area (Å²) in [5, 5.41) is 0. The number of carbonyl (C=O) groups is 1. The lowest BCUT2D eigenvalue weighted by atomic mass is 9.83. The number of esters is 1. The Bertz CT molecular complexity index is 408. The maximum Gasteiger partial charge on any atom is 0.314 e. The van der Waals surface area contributed by atoms with Crippen molar-refractivity contribution in [1.82, 2.24) is 0 Å². The smallest absolute Gasteiger partial charge is 0.314 e. The number of alkyl halides is 1.